The monoisotopic (exact) mass is 346 g/mol. The second kappa shape index (κ2) is 6.65. The van der Waals surface area contributed by atoms with Gasteiger partial charge in [0.1, 0.15) is 10.6 Å². The van der Waals surface area contributed by atoms with Crippen molar-refractivity contribution in [1.82, 2.24) is 4.72 Å². The summed E-state index contributed by atoms with van der Waals surface area (Å²) in [5.74, 6) is 0.260. The molecule has 3 N–H and O–H groups in total. The molecule has 0 spiro atoms. The summed E-state index contributed by atoms with van der Waals surface area (Å²) in [5, 5.41) is 0. The molecule has 0 aliphatic carbocycles. The molecule has 0 fully saturated rings. The van der Waals surface area contributed by atoms with E-state index in [0.717, 1.165) is 4.88 Å². The van der Waals surface area contributed by atoms with Crippen LogP contribution in [0.15, 0.2) is 35.2 Å². The Hall–Kier alpha value is -1.28. The van der Waals surface area contributed by atoms with Gasteiger partial charge in [-0.1, -0.05) is 11.6 Å². The molecule has 2 aromatic rings. The maximum absolute atomic E-state index is 12.3. The largest absolute Gasteiger partial charge is 0.495 e. The fourth-order valence-electron chi connectivity index (χ4n) is 1.78. The van der Waals surface area contributed by atoms with Crippen LogP contribution in [0.4, 0.5) is 5.69 Å². The molecule has 0 bridgehead atoms. The van der Waals surface area contributed by atoms with Gasteiger partial charge < -0.3 is 10.5 Å². The molecule has 0 unspecified atom stereocenters. The Morgan fingerprint density at radius 3 is 2.71 bits per heavy atom. The van der Waals surface area contributed by atoms with Gasteiger partial charge in [0.15, 0.2) is 0 Å². The van der Waals surface area contributed by atoms with E-state index in [1.54, 1.807) is 12.1 Å². The molecular weight excluding hydrogens is 332 g/mol. The summed E-state index contributed by atoms with van der Waals surface area (Å²) in [4.78, 5) is 1.05. The van der Waals surface area contributed by atoms with Crippen LogP contribution in [0.5, 0.6) is 5.75 Å². The summed E-state index contributed by atoms with van der Waals surface area (Å²) >= 11 is 7.26. The smallest absolute Gasteiger partial charge is 0.244 e. The Kier molecular flexibility index (Phi) is 5.10. The number of sulfonamides is 1. The second-order valence-electron chi connectivity index (χ2n) is 4.26. The van der Waals surface area contributed by atoms with Gasteiger partial charge in [-0.05, 0) is 36.8 Å². The quantitative estimate of drug-likeness (QED) is 0.787. The molecule has 0 saturated heterocycles. The highest BCUT2D eigenvalue weighted by Gasteiger charge is 2.19. The number of rotatable bonds is 6. The minimum absolute atomic E-state index is 0.0363. The molecule has 0 aliphatic rings. The fraction of sp³-hybridized carbons (Fsp3) is 0.231. The molecule has 5 nitrogen and oxygen atoms in total. The second-order valence-corrected chi connectivity index (χ2v) is 7.80. The average molecular weight is 347 g/mol. The first kappa shape index (κ1) is 16.1. The van der Waals surface area contributed by atoms with E-state index in [9.17, 15) is 8.42 Å². The molecule has 0 radical (unpaired) electrons. The SMILES string of the molecule is COc1ccc(N)cc1S(=O)(=O)NCCc1ccc(Cl)s1. The fourth-order valence-corrected chi connectivity index (χ4v) is 4.10. The van der Waals surface area contributed by atoms with E-state index >= 15 is 0 Å². The highest BCUT2D eigenvalue weighted by molar-refractivity contribution is 7.89. The van der Waals surface area contributed by atoms with Gasteiger partial charge in [0, 0.05) is 17.1 Å². The third kappa shape index (κ3) is 4.10. The zero-order valence-corrected chi connectivity index (χ0v) is 13.7. The molecule has 8 heteroatoms. The molecule has 0 atom stereocenters. The van der Waals surface area contributed by atoms with Crippen molar-refractivity contribution < 1.29 is 13.2 Å². The molecule has 0 saturated carbocycles. The van der Waals surface area contributed by atoms with Gasteiger partial charge >= 0.3 is 0 Å². The highest BCUT2D eigenvalue weighted by Crippen LogP contribution is 2.26. The van der Waals surface area contributed by atoms with Crippen molar-refractivity contribution in [1.29, 1.82) is 0 Å². The van der Waals surface area contributed by atoms with Crippen LogP contribution >= 0.6 is 22.9 Å². The van der Waals surface area contributed by atoms with Crippen molar-refractivity contribution in [2.75, 3.05) is 19.4 Å². The molecule has 114 valence electrons. The number of benzene rings is 1. The third-order valence-corrected chi connectivity index (χ3v) is 5.54. The summed E-state index contributed by atoms with van der Waals surface area (Å²) in [6.07, 6.45) is 0.571. The van der Waals surface area contributed by atoms with Crippen LogP contribution in [0.3, 0.4) is 0 Å². The normalized spacial score (nSPS) is 11.5. The van der Waals surface area contributed by atoms with Crippen molar-refractivity contribution in [2.45, 2.75) is 11.3 Å². The lowest BCUT2D eigenvalue weighted by molar-refractivity contribution is 0.402. The van der Waals surface area contributed by atoms with Crippen molar-refractivity contribution >= 4 is 38.6 Å². The molecule has 0 amide bonds. The van der Waals surface area contributed by atoms with Crippen LogP contribution in [0.1, 0.15) is 4.88 Å². The minimum Gasteiger partial charge on any atom is -0.495 e. The van der Waals surface area contributed by atoms with Crippen LogP contribution in [0.25, 0.3) is 0 Å². The molecular formula is C13H15ClN2O3S2. The van der Waals surface area contributed by atoms with E-state index in [0.29, 0.717) is 16.4 Å². The van der Waals surface area contributed by atoms with Crippen LogP contribution in [-0.2, 0) is 16.4 Å². The standard InChI is InChI=1S/C13H15ClN2O3S2/c1-19-11-4-2-9(15)8-12(11)21(17,18)16-7-6-10-3-5-13(14)20-10/h2-5,8,16H,6-7,15H2,1H3. The summed E-state index contributed by atoms with van der Waals surface area (Å²) in [6.45, 7) is 0.275. The first-order valence-electron chi connectivity index (χ1n) is 6.10. The van der Waals surface area contributed by atoms with E-state index in [1.165, 1.54) is 30.6 Å². The van der Waals surface area contributed by atoms with Gasteiger partial charge in [-0.2, -0.15) is 0 Å². The lowest BCUT2D eigenvalue weighted by Crippen LogP contribution is -2.26. The van der Waals surface area contributed by atoms with Gasteiger partial charge in [-0.25, -0.2) is 13.1 Å². The lowest BCUT2D eigenvalue weighted by atomic mass is 10.3. The number of halogens is 1. The van der Waals surface area contributed by atoms with Crippen molar-refractivity contribution in [3.63, 3.8) is 0 Å². The van der Waals surface area contributed by atoms with Crippen LogP contribution in [0.2, 0.25) is 4.34 Å². The van der Waals surface area contributed by atoms with E-state index in [-0.39, 0.29) is 17.2 Å². The van der Waals surface area contributed by atoms with E-state index in [2.05, 4.69) is 4.72 Å². The molecule has 1 heterocycles. The molecule has 0 aliphatic heterocycles. The van der Waals surface area contributed by atoms with Crippen LogP contribution in [0, 0.1) is 0 Å². The first-order valence-corrected chi connectivity index (χ1v) is 8.77. The van der Waals surface area contributed by atoms with E-state index < -0.39 is 10.0 Å². The Bertz CT molecular complexity index is 729. The number of nitrogens with one attached hydrogen (secondary N) is 1. The average Bonchev–Trinajstić information content (AvgIpc) is 2.84. The Morgan fingerprint density at radius 2 is 2.10 bits per heavy atom. The lowest BCUT2D eigenvalue weighted by Gasteiger charge is -2.11. The number of nitrogen functional groups attached to an aromatic ring is 1. The topological polar surface area (TPSA) is 81.4 Å². The molecule has 1 aromatic heterocycles. The molecule has 1 aromatic carbocycles. The van der Waals surface area contributed by atoms with Gasteiger partial charge in [-0.15, -0.1) is 11.3 Å². The zero-order valence-electron chi connectivity index (χ0n) is 11.3. The van der Waals surface area contributed by atoms with Gasteiger partial charge in [-0.3, -0.25) is 0 Å². The van der Waals surface area contributed by atoms with Crippen LogP contribution < -0.4 is 15.2 Å². The Labute approximate surface area is 132 Å². The number of anilines is 1. The Balaban J connectivity index is 2.09. The Morgan fingerprint density at radius 1 is 1.33 bits per heavy atom. The maximum Gasteiger partial charge on any atom is 0.244 e. The predicted octanol–water partition coefficient (Wildman–Crippen LogP) is 2.51. The maximum atomic E-state index is 12.3. The molecule has 21 heavy (non-hydrogen) atoms. The summed E-state index contributed by atoms with van der Waals surface area (Å²) in [5.41, 5.74) is 6.00. The van der Waals surface area contributed by atoms with E-state index in [4.69, 9.17) is 22.1 Å². The summed E-state index contributed by atoms with van der Waals surface area (Å²) in [7, 11) is -2.26. The number of nitrogens with two attached hydrogens (primary N) is 1. The number of thiophene rings is 1. The zero-order chi connectivity index (χ0) is 15.5. The first-order chi connectivity index (χ1) is 9.92. The number of methoxy groups -OCH3 is 1. The van der Waals surface area contributed by atoms with Gasteiger partial charge in [0.05, 0.1) is 11.4 Å². The third-order valence-electron chi connectivity index (χ3n) is 2.77. The van der Waals surface area contributed by atoms with Gasteiger partial charge in [0.2, 0.25) is 10.0 Å². The van der Waals surface area contributed by atoms with Crippen molar-refractivity contribution in [3.8, 4) is 5.75 Å². The number of ether oxygens (including phenoxy) is 1. The number of hydrogen-bond donors (Lipinski definition) is 2. The van der Waals surface area contributed by atoms with Crippen molar-refractivity contribution in [3.05, 3.63) is 39.5 Å². The predicted molar refractivity (Wildman–Crippen MR) is 85.6 cm³/mol. The van der Waals surface area contributed by atoms with Crippen LogP contribution in [-0.4, -0.2) is 22.1 Å². The molecule has 2 rings (SSSR count). The highest BCUT2D eigenvalue weighted by atomic mass is 35.5. The van der Waals surface area contributed by atoms with Crippen molar-refractivity contribution in [2.24, 2.45) is 0 Å². The van der Waals surface area contributed by atoms with Gasteiger partial charge in [0.25, 0.3) is 0 Å². The summed E-state index contributed by atoms with van der Waals surface area (Å²) in [6, 6.07) is 8.16. The number of hydrogen-bond acceptors (Lipinski definition) is 5. The minimum atomic E-state index is -3.67. The van der Waals surface area contributed by atoms with E-state index in [1.807, 2.05) is 6.07 Å². The summed E-state index contributed by atoms with van der Waals surface area (Å²) < 4.78 is 32.9.